The Morgan fingerprint density at radius 3 is 2.33 bits per heavy atom. The SMILES string of the molecule is CC(C)C(NC(=O)c1cc(O)ccc1O)C(=O)O. The number of carbonyl (C=O) groups is 2. The van der Waals surface area contributed by atoms with E-state index in [4.69, 9.17) is 5.11 Å². The van der Waals surface area contributed by atoms with Gasteiger partial charge < -0.3 is 20.6 Å². The number of carboxylic acids is 1. The smallest absolute Gasteiger partial charge is 0.326 e. The number of amides is 1. The van der Waals surface area contributed by atoms with E-state index in [1.165, 1.54) is 6.07 Å². The minimum absolute atomic E-state index is 0.165. The third kappa shape index (κ3) is 3.13. The van der Waals surface area contributed by atoms with Crippen molar-refractivity contribution in [1.82, 2.24) is 5.32 Å². The Morgan fingerprint density at radius 1 is 1.22 bits per heavy atom. The molecule has 6 heteroatoms. The molecule has 0 bridgehead atoms. The fourth-order valence-electron chi connectivity index (χ4n) is 1.44. The van der Waals surface area contributed by atoms with Crippen molar-refractivity contribution in [2.45, 2.75) is 19.9 Å². The first kappa shape index (κ1) is 13.8. The highest BCUT2D eigenvalue weighted by Crippen LogP contribution is 2.22. The summed E-state index contributed by atoms with van der Waals surface area (Å²) < 4.78 is 0. The number of phenolic OH excluding ortho intramolecular Hbond substituents is 2. The van der Waals surface area contributed by atoms with E-state index in [1.807, 2.05) is 0 Å². The molecule has 0 radical (unpaired) electrons. The fourth-order valence-corrected chi connectivity index (χ4v) is 1.44. The average molecular weight is 253 g/mol. The first-order chi connectivity index (χ1) is 8.32. The van der Waals surface area contributed by atoms with E-state index in [2.05, 4.69) is 5.32 Å². The molecule has 0 aliphatic heterocycles. The number of rotatable bonds is 4. The maximum Gasteiger partial charge on any atom is 0.326 e. The van der Waals surface area contributed by atoms with Crippen molar-refractivity contribution in [3.05, 3.63) is 23.8 Å². The second-order valence-electron chi connectivity index (χ2n) is 4.23. The van der Waals surface area contributed by atoms with Crippen molar-refractivity contribution in [3.8, 4) is 11.5 Å². The molecule has 98 valence electrons. The van der Waals surface area contributed by atoms with Gasteiger partial charge >= 0.3 is 5.97 Å². The Balaban J connectivity index is 2.94. The first-order valence-corrected chi connectivity index (χ1v) is 5.38. The third-order valence-corrected chi connectivity index (χ3v) is 2.44. The van der Waals surface area contributed by atoms with Crippen LogP contribution in [-0.4, -0.2) is 33.2 Å². The normalized spacial score (nSPS) is 12.2. The molecule has 1 amide bonds. The maximum atomic E-state index is 11.8. The van der Waals surface area contributed by atoms with Crippen LogP contribution in [-0.2, 0) is 4.79 Å². The average Bonchev–Trinajstić information content (AvgIpc) is 2.28. The fraction of sp³-hybridized carbons (Fsp3) is 0.333. The zero-order chi connectivity index (χ0) is 13.9. The molecule has 6 nitrogen and oxygen atoms in total. The van der Waals surface area contributed by atoms with E-state index >= 15 is 0 Å². The van der Waals surface area contributed by atoms with Crippen molar-refractivity contribution in [3.63, 3.8) is 0 Å². The molecule has 18 heavy (non-hydrogen) atoms. The minimum Gasteiger partial charge on any atom is -0.508 e. The Hall–Kier alpha value is -2.24. The van der Waals surface area contributed by atoms with Gasteiger partial charge in [0.15, 0.2) is 0 Å². The van der Waals surface area contributed by atoms with Crippen LogP contribution in [0, 0.1) is 5.92 Å². The lowest BCUT2D eigenvalue weighted by Gasteiger charge is -2.18. The number of aromatic hydroxyl groups is 2. The highest BCUT2D eigenvalue weighted by atomic mass is 16.4. The van der Waals surface area contributed by atoms with Crippen LogP contribution < -0.4 is 5.32 Å². The molecule has 1 aromatic rings. The molecular formula is C12H15NO5. The van der Waals surface area contributed by atoms with Crippen LogP contribution in [0.15, 0.2) is 18.2 Å². The van der Waals surface area contributed by atoms with Crippen molar-refractivity contribution in [1.29, 1.82) is 0 Å². The molecule has 0 saturated carbocycles. The summed E-state index contributed by atoms with van der Waals surface area (Å²) in [7, 11) is 0. The van der Waals surface area contributed by atoms with Gasteiger partial charge in [0, 0.05) is 0 Å². The van der Waals surface area contributed by atoms with Gasteiger partial charge in [0.05, 0.1) is 5.56 Å². The molecule has 0 saturated heterocycles. The van der Waals surface area contributed by atoms with Crippen LogP contribution in [0.2, 0.25) is 0 Å². The number of hydrogen-bond donors (Lipinski definition) is 4. The summed E-state index contributed by atoms with van der Waals surface area (Å²) in [5.41, 5.74) is -0.165. The molecule has 0 heterocycles. The number of carboxylic acid groups (broad SMARTS) is 1. The monoisotopic (exact) mass is 253 g/mol. The number of aliphatic carboxylic acids is 1. The molecule has 0 fully saturated rings. The van der Waals surface area contributed by atoms with E-state index < -0.39 is 17.9 Å². The lowest BCUT2D eigenvalue weighted by Crippen LogP contribution is -2.44. The molecule has 0 aliphatic carbocycles. The van der Waals surface area contributed by atoms with Gasteiger partial charge in [-0.05, 0) is 24.1 Å². The number of hydrogen-bond acceptors (Lipinski definition) is 4. The van der Waals surface area contributed by atoms with Crippen molar-refractivity contribution in [2.24, 2.45) is 5.92 Å². The highest BCUT2D eigenvalue weighted by molar-refractivity contribution is 5.99. The molecule has 1 rings (SSSR count). The number of benzene rings is 1. The first-order valence-electron chi connectivity index (χ1n) is 5.38. The van der Waals surface area contributed by atoms with Crippen molar-refractivity contribution < 1.29 is 24.9 Å². The third-order valence-electron chi connectivity index (χ3n) is 2.44. The molecule has 0 aromatic heterocycles. The van der Waals surface area contributed by atoms with E-state index in [9.17, 15) is 19.8 Å². The maximum absolute atomic E-state index is 11.8. The number of phenols is 2. The summed E-state index contributed by atoms with van der Waals surface area (Å²) in [6.45, 7) is 3.31. The number of carbonyl (C=O) groups excluding carboxylic acids is 1. The summed E-state index contributed by atoms with van der Waals surface area (Å²) in [4.78, 5) is 22.7. The van der Waals surface area contributed by atoms with Gasteiger partial charge in [0.1, 0.15) is 17.5 Å². The zero-order valence-electron chi connectivity index (χ0n) is 10.0. The summed E-state index contributed by atoms with van der Waals surface area (Å²) >= 11 is 0. The highest BCUT2D eigenvalue weighted by Gasteiger charge is 2.25. The van der Waals surface area contributed by atoms with Crippen LogP contribution >= 0.6 is 0 Å². The quantitative estimate of drug-likeness (QED) is 0.597. The van der Waals surface area contributed by atoms with Crippen molar-refractivity contribution >= 4 is 11.9 Å². The molecule has 1 unspecified atom stereocenters. The van der Waals surface area contributed by atoms with E-state index in [1.54, 1.807) is 13.8 Å². The van der Waals surface area contributed by atoms with Gasteiger partial charge in [-0.3, -0.25) is 4.79 Å². The lowest BCUT2D eigenvalue weighted by molar-refractivity contribution is -0.140. The Kier molecular flexibility index (Phi) is 4.14. The Morgan fingerprint density at radius 2 is 1.83 bits per heavy atom. The predicted molar refractivity (Wildman–Crippen MR) is 63.5 cm³/mol. The van der Waals surface area contributed by atoms with Crippen LogP contribution in [0.4, 0.5) is 0 Å². The predicted octanol–water partition coefficient (Wildman–Crippen LogP) is 0.937. The molecule has 1 aromatic carbocycles. The molecule has 0 spiro atoms. The van der Waals surface area contributed by atoms with Crippen LogP contribution in [0.3, 0.4) is 0 Å². The molecular weight excluding hydrogens is 238 g/mol. The molecule has 0 aliphatic rings. The van der Waals surface area contributed by atoms with Gasteiger partial charge in [-0.2, -0.15) is 0 Å². The van der Waals surface area contributed by atoms with Gasteiger partial charge in [0.25, 0.3) is 5.91 Å². The van der Waals surface area contributed by atoms with E-state index in [0.29, 0.717) is 0 Å². The zero-order valence-corrected chi connectivity index (χ0v) is 10.0. The summed E-state index contributed by atoms with van der Waals surface area (Å²) in [5.74, 6) is -2.71. The largest absolute Gasteiger partial charge is 0.508 e. The molecule has 1 atom stereocenters. The summed E-state index contributed by atoms with van der Waals surface area (Å²) in [6.07, 6.45) is 0. The molecule has 4 N–H and O–H groups in total. The lowest BCUT2D eigenvalue weighted by atomic mass is 10.0. The van der Waals surface area contributed by atoms with Gasteiger partial charge in [-0.1, -0.05) is 13.8 Å². The van der Waals surface area contributed by atoms with Crippen LogP contribution in [0.1, 0.15) is 24.2 Å². The van der Waals surface area contributed by atoms with Gasteiger partial charge in [-0.15, -0.1) is 0 Å². The van der Waals surface area contributed by atoms with Crippen molar-refractivity contribution in [2.75, 3.05) is 0 Å². The van der Waals surface area contributed by atoms with Gasteiger partial charge in [0.2, 0.25) is 0 Å². The summed E-state index contributed by atoms with van der Waals surface area (Å²) in [5, 5.41) is 29.9. The standard InChI is InChI=1S/C12H15NO5/c1-6(2)10(12(17)18)13-11(16)8-5-7(14)3-4-9(8)15/h3-6,10,14-15H,1-2H3,(H,13,16)(H,17,18). The second-order valence-corrected chi connectivity index (χ2v) is 4.23. The topological polar surface area (TPSA) is 107 Å². The summed E-state index contributed by atoms with van der Waals surface area (Å²) in [6, 6.07) is 2.40. The minimum atomic E-state index is -1.15. The van der Waals surface area contributed by atoms with E-state index in [-0.39, 0.29) is 23.0 Å². The Bertz CT molecular complexity index is 470. The number of nitrogens with one attached hydrogen (secondary N) is 1. The van der Waals surface area contributed by atoms with E-state index in [0.717, 1.165) is 12.1 Å². The van der Waals surface area contributed by atoms with Crippen LogP contribution in [0.25, 0.3) is 0 Å². The Labute approximate surface area is 104 Å². The second kappa shape index (κ2) is 5.39. The van der Waals surface area contributed by atoms with Gasteiger partial charge in [-0.25, -0.2) is 4.79 Å². The van der Waals surface area contributed by atoms with Crippen LogP contribution in [0.5, 0.6) is 11.5 Å².